The minimum atomic E-state index is -3.48. The lowest BCUT2D eigenvalue weighted by molar-refractivity contribution is 0.594. The van der Waals surface area contributed by atoms with Gasteiger partial charge in [0.05, 0.1) is 5.75 Å². The van der Waals surface area contributed by atoms with E-state index in [1.165, 1.54) is 6.20 Å². The number of nitrogens with one attached hydrogen (secondary N) is 1. The van der Waals surface area contributed by atoms with Crippen LogP contribution in [0.3, 0.4) is 0 Å². The highest BCUT2D eigenvalue weighted by molar-refractivity contribution is 7.91. The summed E-state index contributed by atoms with van der Waals surface area (Å²) in [6.07, 6.45) is 1.78. The van der Waals surface area contributed by atoms with Crippen molar-refractivity contribution in [2.75, 3.05) is 5.75 Å². The quantitative estimate of drug-likeness (QED) is 0.903. The number of rotatable bonds is 3. The normalized spacial score (nSPS) is 11.8. The average molecular weight is 251 g/mol. The third kappa shape index (κ3) is 2.10. The highest BCUT2D eigenvalue weighted by Crippen LogP contribution is 2.12. The number of para-hydroxylation sites is 1. The second kappa shape index (κ2) is 4.33. The van der Waals surface area contributed by atoms with E-state index >= 15 is 0 Å². The Morgan fingerprint density at radius 2 is 1.94 bits per heavy atom. The zero-order chi connectivity index (χ0) is 12.5. The van der Waals surface area contributed by atoms with Crippen LogP contribution >= 0.6 is 0 Å². The molecule has 2 rings (SSSR count). The molecule has 0 fully saturated rings. The molecule has 1 aromatic carbocycles. The summed E-state index contributed by atoms with van der Waals surface area (Å²) in [6.45, 7) is 1.77. The summed E-state index contributed by atoms with van der Waals surface area (Å²) in [7, 11) is -3.48. The van der Waals surface area contributed by atoms with Crippen molar-refractivity contribution < 1.29 is 8.42 Å². The van der Waals surface area contributed by atoms with Gasteiger partial charge in [-0.3, -0.25) is 4.79 Å². The molecular formula is C12H13NO3S. The zero-order valence-corrected chi connectivity index (χ0v) is 10.3. The molecule has 17 heavy (non-hydrogen) atoms. The van der Waals surface area contributed by atoms with E-state index in [0.717, 1.165) is 0 Å². The Morgan fingerprint density at radius 3 is 2.65 bits per heavy atom. The molecule has 4 nitrogen and oxygen atoms in total. The number of hydrogen-bond acceptors (Lipinski definition) is 3. The number of aromatic amines is 1. The summed E-state index contributed by atoms with van der Waals surface area (Å²) in [5.41, 5.74) is 0.223. The van der Waals surface area contributed by atoms with E-state index in [2.05, 4.69) is 4.98 Å². The predicted molar refractivity (Wildman–Crippen MR) is 66.9 cm³/mol. The van der Waals surface area contributed by atoms with E-state index in [1.54, 1.807) is 31.2 Å². The van der Waals surface area contributed by atoms with Crippen molar-refractivity contribution in [1.82, 2.24) is 4.98 Å². The first kappa shape index (κ1) is 11.9. The molecule has 0 saturated heterocycles. The number of H-pyrrole nitrogens is 1. The summed E-state index contributed by atoms with van der Waals surface area (Å²) in [4.78, 5) is 14.8. The van der Waals surface area contributed by atoms with Gasteiger partial charge in [-0.25, -0.2) is 8.42 Å². The van der Waals surface area contributed by atoms with Crippen LogP contribution in [0.2, 0.25) is 0 Å². The van der Waals surface area contributed by atoms with Gasteiger partial charge in [0.2, 0.25) is 5.43 Å². The number of sulfone groups is 1. The molecule has 1 N–H and O–H groups in total. The summed E-state index contributed by atoms with van der Waals surface area (Å²) in [5.74, 6) is -0.00554. The third-order valence-corrected chi connectivity index (χ3v) is 4.48. The van der Waals surface area contributed by atoms with Gasteiger partial charge in [0, 0.05) is 17.1 Å². The van der Waals surface area contributed by atoms with Crippen molar-refractivity contribution in [3.8, 4) is 0 Å². The topological polar surface area (TPSA) is 67.0 Å². The van der Waals surface area contributed by atoms with Crippen molar-refractivity contribution in [1.29, 1.82) is 0 Å². The lowest BCUT2D eigenvalue weighted by atomic mass is 10.2. The van der Waals surface area contributed by atoms with Crippen LogP contribution in [0.1, 0.15) is 13.3 Å². The van der Waals surface area contributed by atoms with E-state index in [0.29, 0.717) is 17.3 Å². The minimum Gasteiger partial charge on any atom is -0.360 e. The second-order valence-electron chi connectivity index (χ2n) is 3.85. The van der Waals surface area contributed by atoms with Crippen LogP contribution in [0, 0.1) is 0 Å². The van der Waals surface area contributed by atoms with Gasteiger partial charge < -0.3 is 4.98 Å². The van der Waals surface area contributed by atoms with Gasteiger partial charge in [-0.15, -0.1) is 0 Å². The molecule has 1 aromatic heterocycles. The number of aromatic nitrogens is 1. The first-order valence-electron chi connectivity index (χ1n) is 5.39. The van der Waals surface area contributed by atoms with Crippen molar-refractivity contribution in [2.45, 2.75) is 18.2 Å². The van der Waals surface area contributed by atoms with Gasteiger partial charge in [-0.2, -0.15) is 0 Å². The molecule has 0 aliphatic rings. The summed E-state index contributed by atoms with van der Waals surface area (Å²) < 4.78 is 23.8. The Labute approximate surface area is 99.2 Å². The largest absolute Gasteiger partial charge is 0.360 e. The molecule has 5 heteroatoms. The molecule has 0 amide bonds. The Hall–Kier alpha value is -1.62. The number of fused-ring (bicyclic) bond motifs is 1. The molecule has 0 radical (unpaired) electrons. The van der Waals surface area contributed by atoms with E-state index in [1.807, 2.05) is 0 Å². The molecule has 0 bridgehead atoms. The maximum Gasteiger partial charge on any atom is 0.208 e. The second-order valence-corrected chi connectivity index (χ2v) is 5.92. The highest BCUT2D eigenvalue weighted by atomic mass is 32.2. The lowest BCUT2D eigenvalue weighted by Gasteiger charge is -2.03. The Morgan fingerprint density at radius 1 is 1.24 bits per heavy atom. The van der Waals surface area contributed by atoms with Crippen LogP contribution < -0.4 is 5.43 Å². The maximum absolute atomic E-state index is 12.1. The first-order chi connectivity index (χ1) is 8.06. The van der Waals surface area contributed by atoms with E-state index in [4.69, 9.17) is 0 Å². The van der Waals surface area contributed by atoms with Crippen molar-refractivity contribution in [3.05, 3.63) is 40.7 Å². The highest BCUT2D eigenvalue weighted by Gasteiger charge is 2.18. The summed E-state index contributed by atoms with van der Waals surface area (Å²) >= 11 is 0. The molecular weight excluding hydrogens is 238 g/mol. The van der Waals surface area contributed by atoms with E-state index < -0.39 is 15.3 Å². The van der Waals surface area contributed by atoms with Crippen molar-refractivity contribution in [2.24, 2.45) is 0 Å². The third-order valence-electron chi connectivity index (χ3n) is 2.56. The molecule has 0 aliphatic heterocycles. The molecule has 0 saturated carbocycles. The van der Waals surface area contributed by atoms with Crippen LogP contribution in [0.5, 0.6) is 0 Å². The monoisotopic (exact) mass is 251 g/mol. The SMILES string of the molecule is CCCS(=O)(=O)c1c[nH]c2ccccc2c1=O. The molecule has 1 heterocycles. The Bertz CT molecular complexity index is 701. The fourth-order valence-electron chi connectivity index (χ4n) is 1.76. The standard InChI is InChI=1S/C12H13NO3S/c1-2-7-17(15,16)11-8-13-10-6-4-3-5-9(10)12(11)14/h3-6,8H,2,7H2,1H3,(H,13,14). The molecule has 0 aliphatic carbocycles. The number of benzene rings is 1. The maximum atomic E-state index is 12.1. The van der Waals surface area contributed by atoms with Crippen LogP contribution in [0.15, 0.2) is 40.2 Å². The Balaban J connectivity index is 2.74. The van der Waals surface area contributed by atoms with Crippen LogP contribution in [-0.2, 0) is 9.84 Å². The van der Waals surface area contributed by atoms with Crippen LogP contribution in [0.25, 0.3) is 10.9 Å². The van der Waals surface area contributed by atoms with E-state index in [-0.39, 0.29) is 10.6 Å². The lowest BCUT2D eigenvalue weighted by Crippen LogP contribution is -2.18. The van der Waals surface area contributed by atoms with Crippen molar-refractivity contribution in [3.63, 3.8) is 0 Å². The van der Waals surface area contributed by atoms with Gasteiger partial charge in [0.15, 0.2) is 9.84 Å². The zero-order valence-electron chi connectivity index (χ0n) is 9.43. The van der Waals surface area contributed by atoms with Gasteiger partial charge in [-0.1, -0.05) is 19.1 Å². The van der Waals surface area contributed by atoms with E-state index in [9.17, 15) is 13.2 Å². The smallest absolute Gasteiger partial charge is 0.208 e. The van der Waals surface area contributed by atoms with Crippen LogP contribution in [-0.4, -0.2) is 19.2 Å². The van der Waals surface area contributed by atoms with Gasteiger partial charge in [-0.05, 0) is 18.6 Å². The molecule has 0 unspecified atom stereocenters. The van der Waals surface area contributed by atoms with Gasteiger partial charge >= 0.3 is 0 Å². The first-order valence-corrected chi connectivity index (χ1v) is 7.04. The van der Waals surface area contributed by atoms with Gasteiger partial charge in [0.25, 0.3) is 0 Å². The van der Waals surface area contributed by atoms with Gasteiger partial charge in [0.1, 0.15) is 4.90 Å². The Kier molecular flexibility index (Phi) is 3.02. The molecule has 90 valence electrons. The molecule has 0 atom stereocenters. The fourth-order valence-corrected chi connectivity index (χ4v) is 3.15. The minimum absolute atomic E-state index is 0.00554. The predicted octanol–water partition coefficient (Wildman–Crippen LogP) is 1.71. The molecule has 0 spiro atoms. The molecule has 2 aromatic rings. The summed E-state index contributed by atoms with van der Waals surface area (Å²) in [6, 6.07) is 6.87. The number of hydrogen-bond donors (Lipinski definition) is 1. The van der Waals surface area contributed by atoms with Crippen molar-refractivity contribution >= 4 is 20.7 Å². The van der Waals surface area contributed by atoms with Crippen LogP contribution in [0.4, 0.5) is 0 Å². The average Bonchev–Trinajstić information content (AvgIpc) is 2.29. The fraction of sp³-hybridized carbons (Fsp3) is 0.250. The summed E-state index contributed by atoms with van der Waals surface area (Å²) in [5, 5.41) is 0.407. The number of pyridine rings is 1.